The first-order valence-corrected chi connectivity index (χ1v) is 15.0. The second-order valence-corrected chi connectivity index (χ2v) is 10.7. The van der Waals surface area contributed by atoms with E-state index in [2.05, 4.69) is 5.43 Å². The normalized spacial score (nSPS) is 11.4. The number of nitrogens with one attached hydrogen (secondary N) is 1. The summed E-state index contributed by atoms with van der Waals surface area (Å²) in [4.78, 5) is 57.0. The zero-order chi connectivity index (χ0) is 36.1. The monoisotopic (exact) mass is 677 g/mol. The Kier molecular flexibility index (Phi) is 13.4. The maximum absolute atomic E-state index is 12.9. The lowest BCUT2D eigenvalue weighted by molar-refractivity contribution is -0.143. The maximum atomic E-state index is 12.9. The maximum Gasteiger partial charge on any atom is 0.356 e. The number of aliphatic carboxylic acids is 2. The van der Waals surface area contributed by atoms with Crippen molar-refractivity contribution in [1.29, 1.82) is 0 Å². The smallest absolute Gasteiger partial charge is 0.356 e. The van der Waals surface area contributed by atoms with Gasteiger partial charge in [0.25, 0.3) is 5.56 Å². The van der Waals surface area contributed by atoms with Gasteiger partial charge in [-0.15, -0.1) is 0 Å². The van der Waals surface area contributed by atoms with Crippen LogP contribution in [-0.4, -0.2) is 75.9 Å². The number of benzene rings is 3. The topological polar surface area (TPSA) is 196 Å². The van der Waals surface area contributed by atoms with Crippen LogP contribution in [-0.2, 0) is 19.9 Å². The van der Waals surface area contributed by atoms with Crippen LogP contribution in [0.3, 0.4) is 0 Å². The Morgan fingerprint density at radius 2 is 1.27 bits per heavy atom. The van der Waals surface area contributed by atoms with Crippen molar-refractivity contribution in [3.63, 3.8) is 0 Å². The van der Waals surface area contributed by atoms with E-state index in [1.54, 1.807) is 14.2 Å². The van der Waals surface area contributed by atoms with Crippen molar-refractivity contribution < 1.29 is 43.9 Å². The van der Waals surface area contributed by atoms with E-state index >= 15 is 0 Å². The van der Waals surface area contributed by atoms with E-state index in [1.807, 2.05) is 78.9 Å². The lowest BCUT2D eigenvalue weighted by Gasteiger charge is -2.37. The Morgan fingerprint density at radius 3 is 1.67 bits per heavy atom. The van der Waals surface area contributed by atoms with Crippen LogP contribution in [0.25, 0.3) is 0 Å². The van der Waals surface area contributed by atoms with Crippen molar-refractivity contribution in [1.82, 2.24) is 9.24 Å². The van der Waals surface area contributed by atoms with Crippen LogP contribution < -0.4 is 26.1 Å². The molecule has 0 saturated heterocycles. The van der Waals surface area contributed by atoms with Gasteiger partial charge in [0.2, 0.25) is 5.91 Å². The minimum atomic E-state index is -1.17. The van der Waals surface area contributed by atoms with E-state index < -0.39 is 47.3 Å². The van der Waals surface area contributed by atoms with Crippen LogP contribution in [0, 0.1) is 6.92 Å². The molecule has 4 N–H and O–H groups in total. The molecule has 4 aromatic rings. The van der Waals surface area contributed by atoms with Crippen molar-refractivity contribution in [2.75, 3.05) is 32.9 Å². The summed E-state index contributed by atoms with van der Waals surface area (Å²) in [5.41, 5.74) is 2.63. The minimum Gasteiger partial charge on any atom is -0.497 e. The lowest BCUT2D eigenvalue weighted by Crippen LogP contribution is -2.51. The van der Waals surface area contributed by atoms with E-state index in [0.717, 1.165) is 25.9 Å². The zero-order valence-corrected chi connectivity index (χ0v) is 27.5. The first kappa shape index (κ1) is 37.7. The van der Waals surface area contributed by atoms with Crippen LogP contribution in [0.4, 0.5) is 0 Å². The summed E-state index contributed by atoms with van der Waals surface area (Å²) < 4.78 is 19.1. The number of ether oxygens (including phenoxy) is 3. The molecule has 0 radical (unpaired) electrons. The zero-order valence-electron chi connectivity index (χ0n) is 27.5. The molecule has 0 aliphatic carbocycles. The third-order valence-corrected chi connectivity index (χ3v) is 7.36. The third-order valence-electron chi connectivity index (χ3n) is 7.36. The molecule has 0 amide bonds. The predicted molar refractivity (Wildman–Crippen MR) is 179 cm³/mol. The molecule has 1 aromatic heterocycles. The summed E-state index contributed by atoms with van der Waals surface area (Å²) in [6, 6.07) is 23.6. The molecule has 0 fully saturated rings. The van der Waals surface area contributed by atoms with Gasteiger partial charge in [-0.25, -0.2) is 9.36 Å². The molecule has 14 nitrogen and oxygen atoms in total. The summed E-state index contributed by atoms with van der Waals surface area (Å²) in [7, 11) is 3.18. The number of carbonyl (C=O) groups is 3. The molecular weight excluding hydrogens is 638 g/mol. The molecule has 0 aliphatic rings. The number of aliphatic hydroxyl groups is 1. The van der Waals surface area contributed by atoms with E-state index in [4.69, 9.17) is 24.4 Å². The Balaban J connectivity index is 0.000000723. The number of carboxylic acids is 2. The SMILES string of the molecule is COc1ccc(C(OCC(CO)Nn2c(=O)c(C)cn(C(C)=O)c2=O)(c2ccccc2)c2ccc(OC)cc2)cc1.O=C(O)CCC(=O)O. The number of rotatable bonds is 14. The molecule has 14 heteroatoms. The number of hydrogen-bond acceptors (Lipinski definition) is 10. The van der Waals surface area contributed by atoms with E-state index in [9.17, 15) is 29.1 Å². The lowest BCUT2D eigenvalue weighted by atomic mass is 9.80. The Hall–Kier alpha value is -5.73. The molecule has 4 rings (SSSR count). The standard InChI is InChI=1S/C31H33N3O7.C4H6O4/c1-21-18-33(22(2)36)30(38)34(29(21)37)32-26(19-35)20-41-31(23-8-6-5-7-9-23,24-10-14-27(39-3)15-11-24)25-12-16-28(40-4)17-13-25;5-3(6)1-2-4(7)8/h5-18,26,32,35H,19-20H2,1-4H3;1-2H2,(H,5,6)(H,7,8). The highest BCUT2D eigenvalue weighted by molar-refractivity contribution is 5.76. The summed E-state index contributed by atoms with van der Waals surface area (Å²) in [5, 5.41) is 26.1. The number of aromatic nitrogens is 2. The van der Waals surface area contributed by atoms with Gasteiger partial charge in [-0.1, -0.05) is 54.6 Å². The fourth-order valence-corrected chi connectivity index (χ4v) is 4.84. The van der Waals surface area contributed by atoms with Gasteiger partial charge in [-0.2, -0.15) is 4.68 Å². The first-order chi connectivity index (χ1) is 23.4. The van der Waals surface area contributed by atoms with Crippen molar-refractivity contribution >= 4 is 17.8 Å². The van der Waals surface area contributed by atoms with Crippen molar-refractivity contribution in [2.24, 2.45) is 0 Å². The van der Waals surface area contributed by atoms with E-state index in [0.29, 0.717) is 11.5 Å². The fraction of sp³-hybridized carbons (Fsp3) is 0.286. The molecule has 0 aliphatic heterocycles. The molecular formula is C35H39N3O11. The van der Waals surface area contributed by atoms with Crippen LogP contribution >= 0.6 is 0 Å². The van der Waals surface area contributed by atoms with Crippen molar-refractivity contribution in [2.45, 2.75) is 38.3 Å². The van der Waals surface area contributed by atoms with Gasteiger partial charge >= 0.3 is 17.6 Å². The molecule has 0 saturated carbocycles. The number of methoxy groups -OCH3 is 2. The Morgan fingerprint density at radius 1 is 0.796 bits per heavy atom. The van der Waals surface area contributed by atoms with Crippen LogP contribution in [0.1, 0.15) is 46.8 Å². The van der Waals surface area contributed by atoms with Crippen LogP contribution in [0.15, 0.2) is 94.6 Å². The number of hydrogen-bond donors (Lipinski definition) is 4. The minimum absolute atomic E-state index is 0.136. The molecule has 1 unspecified atom stereocenters. The second kappa shape index (κ2) is 17.4. The molecule has 3 aromatic carbocycles. The Labute approximate surface area is 281 Å². The fourth-order valence-electron chi connectivity index (χ4n) is 4.84. The van der Waals surface area contributed by atoms with Crippen molar-refractivity contribution in [3.05, 3.63) is 128 Å². The number of nitrogens with zero attached hydrogens (tertiary/aromatic N) is 2. The van der Waals surface area contributed by atoms with Gasteiger partial charge in [-0.05, 0) is 47.9 Å². The number of aliphatic hydroxyl groups excluding tert-OH is 1. The number of carboxylic acid groups (broad SMARTS) is 2. The summed E-state index contributed by atoms with van der Waals surface area (Å²) in [6.45, 7) is 2.11. The van der Waals surface area contributed by atoms with Gasteiger partial charge in [-0.3, -0.25) is 19.2 Å². The first-order valence-electron chi connectivity index (χ1n) is 15.0. The number of carbonyl (C=O) groups excluding carboxylic acids is 1. The summed E-state index contributed by atoms with van der Waals surface area (Å²) >= 11 is 0. The summed E-state index contributed by atoms with van der Waals surface area (Å²) in [5.74, 6) is -1.37. The molecule has 1 heterocycles. The van der Waals surface area contributed by atoms with Crippen molar-refractivity contribution in [3.8, 4) is 11.5 Å². The quantitative estimate of drug-likeness (QED) is 0.143. The van der Waals surface area contributed by atoms with Crippen LogP contribution in [0.2, 0.25) is 0 Å². The molecule has 1 atom stereocenters. The molecule has 260 valence electrons. The van der Waals surface area contributed by atoms with Gasteiger partial charge in [0.05, 0.1) is 46.3 Å². The average Bonchev–Trinajstić information content (AvgIpc) is 3.11. The summed E-state index contributed by atoms with van der Waals surface area (Å²) in [6.07, 6.45) is 0.605. The van der Waals surface area contributed by atoms with Gasteiger partial charge in [0, 0.05) is 18.7 Å². The largest absolute Gasteiger partial charge is 0.497 e. The second-order valence-electron chi connectivity index (χ2n) is 10.7. The van der Waals surface area contributed by atoms with Crippen LogP contribution in [0.5, 0.6) is 11.5 Å². The molecule has 49 heavy (non-hydrogen) atoms. The predicted octanol–water partition coefficient (Wildman–Crippen LogP) is 2.84. The highest BCUT2D eigenvalue weighted by Gasteiger charge is 2.38. The van der Waals surface area contributed by atoms with Gasteiger partial charge < -0.3 is 35.0 Å². The highest BCUT2D eigenvalue weighted by atomic mass is 16.5. The average molecular weight is 678 g/mol. The third kappa shape index (κ3) is 9.43. The van der Waals surface area contributed by atoms with E-state index in [-0.39, 0.29) is 25.0 Å². The van der Waals surface area contributed by atoms with E-state index in [1.165, 1.54) is 20.0 Å². The van der Waals surface area contributed by atoms with Gasteiger partial charge in [0.15, 0.2) is 0 Å². The molecule has 0 spiro atoms. The Bertz CT molecular complexity index is 1770. The van der Waals surface area contributed by atoms with Gasteiger partial charge in [0.1, 0.15) is 17.1 Å². The highest BCUT2D eigenvalue weighted by Crippen LogP contribution is 2.41. The molecule has 0 bridgehead atoms. The number of aryl methyl sites for hydroxylation is 1.